The monoisotopic (exact) mass is 419 g/mol. The van der Waals surface area contributed by atoms with E-state index in [2.05, 4.69) is 17.0 Å². The van der Waals surface area contributed by atoms with Crippen molar-refractivity contribution in [3.8, 4) is 0 Å². The lowest BCUT2D eigenvalue weighted by Crippen LogP contribution is -2.41. The van der Waals surface area contributed by atoms with Crippen LogP contribution in [0.3, 0.4) is 0 Å². The molecule has 0 atom stereocenters. The Morgan fingerprint density at radius 1 is 1.33 bits per heavy atom. The zero-order valence-corrected chi connectivity index (χ0v) is 18.3. The molecule has 1 aliphatic heterocycles. The van der Waals surface area contributed by atoms with Gasteiger partial charge in [-0.05, 0) is 36.9 Å². The molecule has 0 saturated carbocycles. The minimum atomic E-state index is -0.257. The summed E-state index contributed by atoms with van der Waals surface area (Å²) in [6.45, 7) is 14.4. The number of nitrogens with zero attached hydrogens (tertiary/aromatic N) is 2. The molecule has 0 aromatic rings. The van der Waals surface area contributed by atoms with Crippen LogP contribution >= 0.6 is 0 Å². The topological polar surface area (TPSA) is 109 Å². The zero-order chi connectivity index (χ0) is 22.4. The van der Waals surface area contributed by atoms with Crippen LogP contribution in [0, 0.1) is 16.7 Å². The summed E-state index contributed by atoms with van der Waals surface area (Å²) in [5, 5.41) is 17.1. The first-order valence-corrected chi connectivity index (χ1v) is 10.1. The second-order valence-electron chi connectivity index (χ2n) is 6.61. The van der Waals surface area contributed by atoms with Crippen molar-refractivity contribution in [1.82, 2.24) is 10.2 Å². The molecule has 7 nitrogen and oxygen atoms in total. The average molecular weight is 420 g/mol. The number of carbonyl (C=O) groups is 2. The van der Waals surface area contributed by atoms with Crippen molar-refractivity contribution in [2.75, 3.05) is 13.1 Å². The molecule has 0 spiro atoms. The third-order valence-electron chi connectivity index (χ3n) is 3.85. The van der Waals surface area contributed by atoms with Crippen LogP contribution in [0.5, 0.6) is 0 Å². The second-order valence-corrected chi connectivity index (χ2v) is 6.61. The van der Waals surface area contributed by atoms with Crippen LogP contribution in [-0.2, 0) is 9.59 Å². The minimum absolute atomic E-state index is 0. The van der Waals surface area contributed by atoms with Gasteiger partial charge in [-0.15, -0.1) is 0 Å². The van der Waals surface area contributed by atoms with Crippen molar-refractivity contribution >= 4 is 30.3 Å². The predicted molar refractivity (Wildman–Crippen MR) is 130 cm³/mol. The van der Waals surface area contributed by atoms with Gasteiger partial charge in [0.05, 0.1) is 6.42 Å². The van der Waals surface area contributed by atoms with Crippen LogP contribution in [-0.4, -0.2) is 48.3 Å². The van der Waals surface area contributed by atoms with Gasteiger partial charge in [0.25, 0.3) is 0 Å². The fraction of sp³-hybridized carbons (Fsp3) is 0.522. The van der Waals surface area contributed by atoms with Gasteiger partial charge in [0.1, 0.15) is 5.70 Å². The molecule has 3 N–H and O–H groups in total. The van der Waals surface area contributed by atoms with Crippen LogP contribution in [0.15, 0.2) is 40.3 Å². The maximum atomic E-state index is 12.1. The lowest BCUT2D eigenvalue weighted by atomic mass is 10.0. The van der Waals surface area contributed by atoms with E-state index in [1.54, 1.807) is 6.08 Å². The maximum Gasteiger partial charge on any atom is 0.236 e. The molecule has 0 unspecified atom stereocenters. The van der Waals surface area contributed by atoms with E-state index in [9.17, 15) is 9.59 Å². The number of allylic oxidation sites excluding steroid dienone is 3. The number of hydrogen-bond acceptors (Lipinski definition) is 6. The summed E-state index contributed by atoms with van der Waals surface area (Å²) in [5.74, 6) is 0.254. The molecule has 1 amide bonds. The molecule has 7 heteroatoms. The van der Waals surface area contributed by atoms with Gasteiger partial charge in [-0.1, -0.05) is 54.2 Å². The van der Waals surface area contributed by atoms with E-state index in [1.165, 1.54) is 11.1 Å². The van der Waals surface area contributed by atoms with Crippen LogP contribution in [0.2, 0.25) is 0 Å². The SMILES string of the molecule is C.C=NC1=C(NCC2=CCC(=N)C=C2)C(=O)CC(=O)N1CCC.CC.CC(C)C=N.[HH]. The quantitative estimate of drug-likeness (QED) is 0.408. The Balaban J connectivity index is -0.000000768. The first-order chi connectivity index (χ1) is 13.8. The highest BCUT2D eigenvalue weighted by Crippen LogP contribution is 2.20. The van der Waals surface area contributed by atoms with Crippen molar-refractivity contribution in [3.63, 3.8) is 0 Å². The average Bonchev–Trinajstić information content (AvgIpc) is 2.72. The van der Waals surface area contributed by atoms with Crippen molar-refractivity contribution in [1.29, 1.82) is 10.8 Å². The van der Waals surface area contributed by atoms with Crippen LogP contribution < -0.4 is 5.32 Å². The largest absolute Gasteiger partial charge is 0.375 e. The highest BCUT2D eigenvalue weighted by atomic mass is 16.2. The van der Waals surface area contributed by atoms with Crippen molar-refractivity contribution in [2.45, 2.75) is 61.3 Å². The van der Waals surface area contributed by atoms with Gasteiger partial charge in [-0.25, -0.2) is 4.99 Å². The Labute approximate surface area is 183 Å². The van der Waals surface area contributed by atoms with E-state index in [0.717, 1.165) is 12.0 Å². The third kappa shape index (κ3) is 9.58. The summed E-state index contributed by atoms with van der Waals surface area (Å²) in [4.78, 5) is 29.5. The van der Waals surface area contributed by atoms with Gasteiger partial charge in [0.2, 0.25) is 5.91 Å². The van der Waals surface area contributed by atoms with E-state index in [1.807, 2.05) is 46.8 Å². The number of carbonyl (C=O) groups excluding carboxylic acids is 2. The lowest BCUT2D eigenvalue weighted by Gasteiger charge is -2.28. The molecule has 1 aliphatic carbocycles. The Kier molecular flexibility index (Phi) is 15.7. The fourth-order valence-corrected chi connectivity index (χ4v) is 2.40. The van der Waals surface area contributed by atoms with Gasteiger partial charge < -0.3 is 16.1 Å². The first kappa shape index (κ1) is 29.4. The fourth-order valence-electron chi connectivity index (χ4n) is 2.40. The first-order valence-electron chi connectivity index (χ1n) is 10.1. The number of aliphatic imine (C=N–C) groups is 1. The molecule has 0 aromatic carbocycles. The van der Waals surface area contributed by atoms with Crippen molar-refractivity contribution in [3.05, 3.63) is 35.3 Å². The Bertz CT molecular complexity index is 709. The Morgan fingerprint density at radius 2 is 1.93 bits per heavy atom. The van der Waals surface area contributed by atoms with E-state index in [0.29, 0.717) is 42.7 Å². The van der Waals surface area contributed by atoms with Crippen molar-refractivity contribution in [2.24, 2.45) is 10.9 Å². The molecule has 0 fully saturated rings. The van der Waals surface area contributed by atoms with Crippen LogP contribution in [0.1, 0.15) is 62.7 Å². The predicted octanol–water partition coefficient (Wildman–Crippen LogP) is 4.76. The molecule has 30 heavy (non-hydrogen) atoms. The number of rotatable bonds is 7. The maximum absolute atomic E-state index is 12.1. The Hall–Kier alpha value is -2.83. The molecule has 170 valence electrons. The van der Waals surface area contributed by atoms with E-state index < -0.39 is 0 Å². The van der Waals surface area contributed by atoms with E-state index in [4.69, 9.17) is 10.8 Å². The number of ketones is 1. The van der Waals surface area contributed by atoms with Gasteiger partial charge in [-0.3, -0.25) is 14.5 Å². The summed E-state index contributed by atoms with van der Waals surface area (Å²) >= 11 is 0. The molecule has 2 rings (SSSR count). The summed E-state index contributed by atoms with van der Waals surface area (Å²) in [7, 11) is 0. The smallest absolute Gasteiger partial charge is 0.236 e. The van der Waals surface area contributed by atoms with Crippen LogP contribution in [0.4, 0.5) is 0 Å². The lowest BCUT2D eigenvalue weighted by molar-refractivity contribution is -0.134. The van der Waals surface area contributed by atoms with E-state index in [-0.39, 0.29) is 27.0 Å². The number of amides is 1. The molecule has 0 saturated heterocycles. The summed E-state index contributed by atoms with van der Waals surface area (Å²) < 4.78 is 0. The minimum Gasteiger partial charge on any atom is -0.375 e. The number of hydrogen-bond donors (Lipinski definition) is 3. The standard InChI is InChI=1S/C16H20N4O2.C4H9N.C2H6.CH4.H2/c1-3-8-20-14(22)9-13(21)15(16(20)18-2)19-10-11-4-6-12(17)7-5-11;1-4(2)3-5;1-2;;/h4-6,17,19H,2-3,7-10H2,1H3;3-5H,1-2H3;1-2H3;1H4;1H. The summed E-state index contributed by atoms with van der Waals surface area (Å²) in [6, 6.07) is 0. The molecular formula is C23H41N5O2. The molecule has 0 bridgehead atoms. The van der Waals surface area contributed by atoms with Gasteiger partial charge in [0, 0.05) is 26.6 Å². The zero-order valence-electron chi connectivity index (χ0n) is 18.3. The molecule has 2 aliphatic rings. The third-order valence-corrected chi connectivity index (χ3v) is 3.85. The van der Waals surface area contributed by atoms with Gasteiger partial charge in [-0.2, -0.15) is 0 Å². The highest BCUT2D eigenvalue weighted by molar-refractivity contribution is 6.10. The molecule has 0 radical (unpaired) electrons. The summed E-state index contributed by atoms with van der Waals surface area (Å²) in [6.07, 6.45) is 8.19. The number of nitrogens with one attached hydrogen (secondary N) is 3. The van der Waals surface area contributed by atoms with Crippen LogP contribution in [0.25, 0.3) is 0 Å². The van der Waals surface area contributed by atoms with Gasteiger partial charge in [0.15, 0.2) is 11.6 Å². The normalized spacial score (nSPS) is 15.3. The summed E-state index contributed by atoms with van der Waals surface area (Å²) in [5.41, 5.74) is 1.90. The molecule has 0 aromatic heterocycles. The highest BCUT2D eigenvalue weighted by Gasteiger charge is 2.31. The number of Topliss-reactive ketones (excluding diaryl/α,β-unsaturated/α-hetero) is 1. The molecule has 1 heterocycles. The van der Waals surface area contributed by atoms with E-state index >= 15 is 0 Å². The van der Waals surface area contributed by atoms with Crippen molar-refractivity contribution < 1.29 is 11.0 Å². The second kappa shape index (κ2) is 16.0. The Morgan fingerprint density at radius 3 is 2.37 bits per heavy atom. The van der Waals surface area contributed by atoms with Gasteiger partial charge >= 0.3 is 0 Å². The molecular weight excluding hydrogens is 378 g/mol.